The number of benzene rings is 1. The Balaban J connectivity index is 0.00000147. The number of carbonyl (C=O) groups excluding carboxylic acids is 1. The molecule has 2 aliphatic rings. The normalized spacial score (nSPS) is 30.9. The fraction of sp³-hybridized carbons (Fsp3) is 0.533. The second-order valence-electron chi connectivity index (χ2n) is 5.88. The van der Waals surface area contributed by atoms with Gasteiger partial charge in [0.25, 0.3) is 0 Å². The van der Waals surface area contributed by atoms with Gasteiger partial charge < -0.3 is 11.1 Å². The monoisotopic (exact) mass is 314 g/mol. The number of nitrogens with two attached hydrogens (primary N) is 1. The molecule has 2 bridgehead atoms. The van der Waals surface area contributed by atoms with E-state index in [1.54, 1.807) is 6.07 Å². The van der Waals surface area contributed by atoms with Gasteiger partial charge >= 0.3 is 0 Å². The molecule has 5 heteroatoms. The number of carbonyl (C=O) groups is 1. The second kappa shape index (κ2) is 5.92. The summed E-state index contributed by atoms with van der Waals surface area (Å²) < 4.78 is 0. The number of aryl methyl sites for hydroxylation is 1. The first kappa shape index (κ1) is 15.6. The minimum Gasteiger partial charge on any atom is -0.327 e. The predicted molar refractivity (Wildman–Crippen MR) is 84.4 cm³/mol. The highest BCUT2D eigenvalue weighted by atomic mass is 35.5. The molecule has 4 unspecified atom stereocenters. The van der Waals surface area contributed by atoms with Crippen LogP contribution < -0.4 is 11.1 Å². The molecule has 0 spiro atoms. The molecular weight excluding hydrogens is 295 g/mol. The molecule has 2 fully saturated rings. The third kappa shape index (κ3) is 2.67. The van der Waals surface area contributed by atoms with Crippen molar-refractivity contribution in [3.63, 3.8) is 0 Å². The van der Waals surface area contributed by atoms with Crippen molar-refractivity contribution >= 4 is 35.6 Å². The molecule has 1 amide bonds. The third-order valence-electron chi connectivity index (χ3n) is 4.73. The van der Waals surface area contributed by atoms with Crippen LogP contribution in [0.5, 0.6) is 0 Å². The molecule has 0 aromatic heterocycles. The SMILES string of the molecule is Cc1cc(Cl)ccc1NC(=O)C1C2CCC(C2)C1N.Cl. The maximum Gasteiger partial charge on any atom is 0.229 e. The summed E-state index contributed by atoms with van der Waals surface area (Å²) in [5.41, 5.74) is 8.02. The Labute approximate surface area is 130 Å². The van der Waals surface area contributed by atoms with Crippen LogP contribution in [0.1, 0.15) is 24.8 Å². The standard InChI is InChI=1S/C15H19ClN2O.ClH/c1-8-6-11(16)4-5-12(8)18-15(19)13-9-2-3-10(7-9)14(13)17;/h4-6,9-10,13-14H,2-3,7,17H2,1H3,(H,18,19);1H. The Kier molecular flexibility index (Phi) is 4.62. The lowest BCUT2D eigenvalue weighted by atomic mass is 9.84. The lowest BCUT2D eigenvalue weighted by Gasteiger charge is -2.27. The molecule has 1 aromatic rings. The van der Waals surface area contributed by atoms with Crippen molar-refractivity contribution in [2.75, 3.05) is 5.32 Å². The van der Waals surface area contributed by atoms with Gasteiger partial charge in [-0.25, -0.2) is 0 Å². The van der Waals surface area contributed by atoms with Crippen molar-refractivity contribution in [2.24, 2.45) is 23.5 Å². The number of hydrogen-bond acceptors (Lipinski definition) is 2. The van der Waals surface area contributed by atoms with Crippen molar-refractivity contribution in [1.82, 2.24) is 0 Å². The first-order valence-corrected chi connectivity index (χ1v) is 7.26. The number of nitrogens with one attached hydrogen (secondary N) is 1. The zero-order chi connectivity index (χ0) is 13.6. The van der Waals surface area contributed by atoms with Crippen LogP contribution in [-0.2, 0) is 4.79 Å². The van der Waals surface area contributed by atoms with Gasteiger partial charge in [0.15, 0.2) is 0 Å². The van der Waals surface area contributed by atoms with Crippen molar-refractivity contribution in [3.8, 4) is 0 Å². The van der Waals surface area contributed by atoms with Crippen molar-refractivity contribution in [1.29, 1.82) is 0 Å². The van der Waals surface area contributed by atoms with Crippen LogP contribution in [0.15, 0.2) is 18.2 Å². The van der Waals surface area contributed by atoms with Gasteiger partial charge in [0.1, 0.15) is 0 Å². The van der Waals surface area contributed by atoms with E-state index in [4.69, 9.17) is 17.3 Å². The van der Waals surface area contributed by atoms with E-state index in [2.05, 4.69) is 5.32 Å². The minimum atomic E-state index is -0.0196. The molecule has 3 N–H and O–H groups in total. The first-order valence-electron chi connectivity index (χ1n) is 6.89. The highest BCUT2D eigenvalue weighted by Crippen LogP contribution is 2.47. The molecule has 1 aromatic carbocycles. The lowest BCUT2D eigenvalue weighted by Crippen LogP contribution is -2.42. The Morgan fingerprint density at radius 2 is 2.05 bits per heavy atom. The van der Waals surface area contributed by atoms with Crippen LogP contribution in [-0.4, -0.2) is 11.9 Å². The molecule has 3 rings (SSSR count). The van der Waals surface area contributed by atoms with Crippen molar-refractivity contribution in [3.05, 3.63) is 28.8 Å². The fourth-order valence-electron chi connectivity index (χ4n) is 3.71. The number of anilines is 1. The van der Waals surface area contributed by atoms with Crippen molar-refractivity contribution in [2.45, 2.75) is 32.2 Å². The summed E-state index contributed by atoms with van der Waals surface area (Å²) in [6, 6.07) is 5.54. The van der Waals surface area contributed by atoms with Gasteiger partial charge in [0.2, 0.25) is 5.91 Å². The van der Waals surface area contributed by atoms with Gasteiger partial charge in [0, 0.05) is 16.8 Å². The predicted octanol–water partition coefficient (Wildman–Crippen LogP) is 3.38. The lowest BCUT2D eigenvalue weighted by molar-refractivity contribution is -0.121. The number of rotatable bonds is 2. The van der Waals surface area contributed by atoms with Gasteiger partial charge in [-0.3, -0.25) is 4.79 Å². The number of hydrogen-bond donors (Lipinski definition) is 2. The van der Waals surface area contributed by atoms with E-state index in [1.807, 2.05) is 19.1 Å². The van der Waals surface area contributed by atoms with Gasteiger partial charge in [-0.05, 0) is 61.8 Å². The maximum absolute atomic E-state index is 12.4. The molecule has 0 radical (unpaired) electrons. The van der Waals surface area contributed by atoms with Crippen LogP contribution in [0.3, 0.4) is 0 Å². The summed E-state index contributed by atoms with van der Waals surface area (Å²) in [6.07, 6.45) is 3.46. The van der Waals surface area contributed by atoms with Crippen LogP contribution in [0.2, 0.25) is 5.02 Å². The molecule has 0 saturated heterocycles. The van der Waals surface area contributed by atoms with E-state index >= 15 is 0 Å². The summed E-state index contributed by atoms with van der Waals surface area (Å²) in [5.74, 6) is 1.08. The average Bonchev–Trinajstić information content (AvgIpc) is 2.93. The van der Waals surface area contributed by atoms with Gasteiger partial charge in [-0.1, -0.05) is 11.6 Å². The average molecular weight is 315 g/mol. The van der Waals surface area contributed by atoms with E-state index in [9.17, 15) is 4.79 Å². The van der Waals surface area contributed by atoms with Gasteiger partial charge in [-0.15, -0.1) is 12.4 Å². The molecule has 2 saturated carbocycles. The van der Waals surface area contributed by atoms with Crippen LogP contribution >= 0.6 is 24.0 Å². The molecule has 4 atom stereocenters. The summed E-state index contributed by atoms with van der Waals surface area (Å²) in [6.45, 7) is 1.95. The van der Waals surface area contributed by atoms with E-state index in [1.165, 1.54) is 6.42 Å². The molecule has 3 nitrogen and oxygen atoms in total. The van der Waals surface area contributed by atoms with Gasteiger partial charge in [0.05, 0.1) is 5.92 Å². The maximum atomic E-state index is 12.4. The molecule has 0 aliphatic heterocycles. The smallest absolute Gasteiger partial charge is 0.229 e. The van der Waals surface area contributed by atoms with E-state index < -0.39 is 0 Å². The molecular formula is C15H20Cl2N2O. The largest absolute Gasteiger partial charge is 0.327 e. The van der Waals surface area contributed by atoms with E-state index in [0.717, 1.165) is 24.1 Å². The fourth-order valence-corrected chi connectivity index (χ4v) is 3.93. The topological polar surface area (TPSA) is 55.1 Å². The number of amides is 1. The van der Waals surface area contributed by atoms with E-state index in [0.29, 0.717) is 16.9 Å². The highest BCUT2D eigenvalue weighted by molar-refractivity contribution is 6.30. The quantitative estimate of drug-likeness (QED) is 0.879. The van der Waals surface area contributed by atoms with Crippen LogP contribution in [0.25, 0.3) is 0 Å². The first-order chi connectivity index (χ1) is 9.06. The Morgan fingerprint density at radius 3 is 2.65 bits per heavy atom. The second-order valence-corrected chi connectivity index (χ2v) is 6.32. The minimum absolute atomic E-state index is 0. The molecule has 110 valence electrons. The van der Waals surface area contributed by atoms with Gasteiger partial charge in [-0.2, -0.15) is 0 Å². The number of halogens is 2. The zero-order valence-electron chi connectivity index (χ0n) is 11.4. The Bertz CT molecular complexity index is 519. The summed E-state index contributed by atoms with van der Waals surface area (Å²) in [4.78, 5) is 12.4. The molecule has 20 heavy (non-hydrogen) atoms. The number of fused-ring (bicyclic) bond motifs is 2. The summed E-state index contributed by atoms with van der Waals surface area (Å²) >= 11 is 5.92. The summed E-state index contributed by atoms with van der Waals surface area (Å²) in [7, 11) is 0. The van der Waals surface area contributed by atoms with Crippen LogP contribution in [0.4, 0.5) is 5.69 Å². The van der Waals surface area contributed by atoms with E-state index in [-0.39, 0.29) is 30.3 Å². The molecule has 2 aliphatic carbocycles. The van der Waals surface area contributed by atoms with Crippen molar-refractivity contribution < 1.29 is 4.79 Å². The Morgan fingerprint density at radius 1 is 1.35 bits per heavy atom. The molecule has 0 heterocycles. The Hall–Kier alpha value is -0.770. The zero-order valence-corrected chi connectivity index (χ0v) is 13.0. The third-order valence-corrected chi connectivity index (χ3v) is 4.96. The summed E-state index contributed by atoms with van der Waals surface area (Å²) in [5, 5.41) is 3.70. The van der Waals surface area contributed by atoms with Crippen LogP contribution in [0, 0.1) is 24.7 Å². The highest BCUT2D eigenvalue weighted by Gasteiger charge is 2.49.